The molecule has 1 aliphatic heterocycles. The Morgan fingerprint density at radius 2 is 1.70 bits per heavy atom. The fourth-order valence-corrected chi connectivity index (χ4v) is 5.55. The number of aryl methyl sites for hydroxylation is 1. The second kappa shape index (κ2) is 11.1. The van der Waals surface area contributed by atoms with E-state index in [1.807, 2.05) is 0 Å². The molecule has 14 heteroatoms. The summed E-state index contributed by atoms with van der Waals surface area (Å²) < 4.78 is 97.0. The van der Waals surface area contributed by atoms with E-state index in [1.54, 1.807) is 49.4 Å². The summed E-state index contributed by atoms with van der Waals surface area (Å²) in [5.41, 5.74) is 0.862. The van der Waals surface area contributed by atoms with Gasteiger partial charge in [-0.25, -0.2) is 4.98 Å². The molecule has 0 spiro atoms. The average molecular weight is 610 g/mol. The molecule has 2 N–H and O–H groups in total. The summed E-state index contributed by atoms with van der Waals surface area (Å²) in [5, 5.41) is 3.07. The number of benzene rings is 2. The summed E-state index contributed by atoms with van der Waals surface area (Å²) in [7, 11) is 1.62. The minimum absolute atomic E-state index is 0.0508. The van der Waals surface area contributed by atoms with Crippen molar-refractivity contribution in [2.45, 2.75) is 57.3 Å². The van der Waals surface area contributed by atoms with Crippen LogP contribution in [0.5, 0.6) is 0 Å². The second-order valence-corrected chi connectivity index (χ2v) is 13.3. The largest absolute Gasteiger partial charge is 0.598 e. The van der Waals surface area contributed by atoms with E-state index in [2.05, 4.69) is 15.0 Å². The molecular formula is C26H30ClF6N5OS. The van der Waals surface area contributed by atoms with E-state index in [0.717, 1.165) is 6.07 Å². The molecule has 2 aromatic carbocycles. The van der Waals surface area contributed by atoms with E-state index in [0.29, 0.717) is 27.3 Å². The van der Waals surface area contributed by atoms with Crippen molar-refractivity contribution in [1.82, 2.24) is 14.3 Å². The van der Waals surface area contributed by atoms with Crippen molar-refractivity contribution in [3.05, 3.63) is 46.5 Å². The van der Waals surface area contributed by atoms with Gasteiger partial charge >= 0.3 is 12.4 Å². The van der Waals surface area contributed by atoms with Crippen molar-refractivity contribution >= 4 is 51.3 Å². The minimum Gasteiger partial charge on any atom is -0.598 e. The van der Waals surface area contributed by atoms with Crippen LogP contribution in [-0.2, 0) is 31.1 Å². The highest BCUT2D eigenvalue weighted by atomic mass is 35.5. The van der Waals surface area contributed by atoms with Gasteiger partial charge in [0.2, 0.25) is 5.95 Å². The summed E-state index contributed by atoms with van der Waals surface area (Å²) in [5.74, 6) is -1.24. The molecule has 220 valence electrons. The summed E-state index contributed by atoms with van der Waals surface area (Å²) in [6, 6.07) is 6.86. The van der Waals surface area contributed by atoms with Crippen LogP contribution in [0.2, 0.25) is 5.02 Å². The van der Waals surface area contributed by atoms with Crippen molar-refractivity contribution in [2.75, 3.05) is 23.3 Å². The molecule has 3 aromatic rings. The molecule has 2 heterocycles. The summed E-state index contributed by atoms with van der Waals surface area (Å²) >= 11 is 5.05. The Balaban J connectivity index is 1.62. The van der Waals surface area contributed by atoms with Crippen molar-refractivity contribution < 1.29 is 30.9 Å². The molecule has 1 atom stereocenters. The zero-order valence-electron chi connectivity index (χ0n) is 22.3. The number of piperidine rings is 1. The van der Waals surface area contributed by atoms with E-state index in [9.17, 15) is 30.9 Å². The lowest BCUT2D eigenvalue weighted by Crippen LogP contribution is -2.39. The van der Waals surface area contributed by atoms with Gasteiger partial charge in [0.25, 0.3) is 0 Å². The first-order valence-corrected chi connectivity index (χ1v) is 14.1. The van der Waals surface area contributed by atoms with Crippen molar-refractivity contribution in [1.29, 1.82) is 0 Å². The summed E-state index contributed by atoms with van der Waals surface area (Å²) in [4.78, 5) is 6.21. The van der Waals surface area contributed by atoms with Gasteiger partial charge in [-0.3, -0.25) is 0 Å². The number of alkyl halides is 6. The number of nitrogens with one attached hydrogen (secondary N) is 2. The first kappa shape index (κ1) is 30.6. The summed E-state index contributed by atoms with van der Waals surface area (Å²) in [6.07, 6.45) is -8.99. The van der Waals surface area contributed by atoms with Crippen molar-refractivity contribution in [3.8, 4) is 0 Å². The Morgan fingerprint density at radius 3 is 2.27 bits per heavy atom. The number of halogens is 7. The molecule has 1 unspecified atom stereocenters. The Bertz CT molecular complexity index is 1360. The van der Waals surface area contributed by atoms with Crippen LogP contribution in [0.1, 0.15) is 44.7 Å². The van der Waals surface area contributed by atoms with E-state index >= 15 is 0 Å². The van der Waals surface area contributed by atoms with Gasteiger partial charge in [0.05, 0.1) is 45.5 Å². The molecule has 6 nitrogen and oxygen atoms in total. The minimum atomic E-state index is -4.65. The number of hydrogen-bond acceptors (Lipinski definition) is 5. The first-order chi connectivity index (χ1) is 18.4. The molecule has 1 saturated heterocycles. The lowest BCUT2D eigenvalue weighted by atomic mass is 9.96. The third kappa shape index (κ3) is 6.75. The number of aromatic nitrogens is 2. The normalized spacial score (nSPS) is 16.6. The molecule has 40 heavy (non-hydrogen) atoms. The molecule has 1 fully saturated rings. The predicted octanol–water partition coefficient (Wildman–Crippen LogP) is 7.32. The van der Waals surface area contributed by atoms with Crippen LogP contribution in [0.25, 0.3) is 11.0 Å². The van der Waals surface area contributed by atoms with Crippen molar-refractivity contribution in [2.24, 2.45) is 13.0 Å². The molecule has 0 saturated carbocycles. The van der Waals surface area contributed by atoms with Crippen LogP contribution in [0.15, 0.2) is 30.3 Å². The Hall–Kier alpha value is -2.35. The number of imidazole rings is 1. The fraction of sp³-hybridized carbons (Fsp3) is 0.500. The van der Waals surface area contributed by atoms with E-state index in [1.165, 1.54) is 12.1 Å². The van der Waals surface area contributed by atoms with Gasteiger partial charge in [-0.2, -0.15) is 26.3 Å². The zero-order chi connectivity index (χ0) is 29.6. The Morgan fingerprint density at radius 1 is 1.05 bits per heavy atom. The molecular weight excluding hydrogens is 580 g/mol. The summed E-state index contributed by atoms with van der Waals surface area (Å²) in [6.45, 7) is 5.78. The average Bonchev–Trinajstić information content (AvgIpc) is 3.14. The first-order valence-electron chi connectivity index (χ1n) is 12.6. The third-order valence-electron chi connectivity index (χ3n) is 6.85. The molecule has 1 aromatic heterocycles. The fourth-order valence-electron chi connectivity index (χ4n) is 4.54. The van der Waals surface area contributed by atoms with Gasteiger partial charge in [-0.15, -0.1) is 4.72 Å². The highest BCUT2D eigenvalue weighted by Gasteiger charge is 2.41. The van der Waals surface area contributed by atoms with Crippen LogP contribution in [-0.4, -0.2) is 38.1 Å². The number of rotatable bonds is 6. The molecule has 0 amide bonds. The van der Waals surface area contributed by atoms with Crippen molar-refractivity contribution in [3.63, 3.8) is 0 Å². The van der Waals surface area contributed by atoms with Gasteiger partial charge < -0.3 is 19.3 Å². The topological polar surface area (TPSA) is 68.2 Å². The van der Waals surface area contributed by atoms with Crippen LogP contribution in [0.4, 0.5) is 43.7 Å². The third-order valence-corrected chi connectivity index (χ3v) is 8.67. The number of nitrogens with zero attached hydrogens (tertiary/aromatic N) is 3. The van der Waals surface area contributed by atoms with Crippen LogP contribution in [0, 0.1) is 5.92 Å². The lowest BCUT2D eigenvalue weighted by molar-refractivity contribution is -0.179. The highest BCUT2D eigenvalue weighted by molar-refractivity contribution is 7.90. The molecule has 0 radical (unpaired) electrons. The van der Waals surface area contributed by atoms with E-state index in [4.69, 9.17) is 11.6 Å². The predicted molar refractivity (Wildman–Crippen MR) is 146 cm³/mol. The standard InChI is InChI=1S/C26H30ClF6N5OS/c1-24(2,3)40(39)34-14-15-5-6-17(26(31,32)33)19(11-15)35-23-36-20-12-18(27)21(13-22(20)37(23)4)38-9-7-16(8-10-38)25(28,29)30/h5-6,11-13,16,34H,7-10,14H2,1-4H3,(H,35,36). The molecule has 4 rings (SSSR count). The van der Waals surface area contributed by atoms with Crippen LogP contribution >= 0.6 is 11.6 Å². The van der Waals surface area contributed by atoms with Gasteiger partial charge in [-0.05, 0) is 63.4 Å². The van der Waals surface area contributed by atoms with Gasteiger partial charge in [0.1, 0.15) is 4.75 Å². The van der Waals surface area contributed by atoms with Gasteiger partial charge in [0.15, 0.2) is 0 Å². The zero-order valence-corrected chi connectivity index (χ0v) is 23.9. The van der Waals surface area contributed by atoms with Crippen LogP contribution in [0.3, 0.4) is 0 Å². The van der Waals surface area contributed by atoms with Gasteiger partial charge in [0, 0.05) is 31.5 Å². The maximum atomic E-state index is 13.8. The number of fused-ring (bicyclic) bond motifs is 1. The SMILES string of the molecule is Cn1c(Nc2cc(CN[S+]([O-])C(C)(C)C)ccc2C(F)(F)F)nc2cc(Cl)c(N3CCC(C(F)(F)F)CC3)cc21. The van der Waals surface area contributed by atoms with E-state index in [-0.39, 0.29) is 44.1 Å². The maximum Gasteiger partial charge on any atom is 0.418 e. The van der Waals surface area contributed by atoms with Gasteiger partial charge in [-0.1, -0.05) is 17.7 Å². The second-order valence-electron chi connectivity index (χ2n) is 10.8. The maximum absolute atomic E-state index is 13.8. The Labute approximate surface area is 236 Å². The number of anilines is 3. The van der Waals surface area contributed by atoms with E-state index < -0.39 is 39.9 Å². The van der Waals surface area contributed by atoms with Crippen LogP contribution < -0.4 is 14.9 Å². The number of hydrogen-bond donors (Lipinski definition) is 2. The smallest absolute Gasteiger partial charge is 0.418 e. The monoisotopic (exact) mass is 609 g/mol. The Kier molecular flexibility index (Phi) is 8.53. The lowest BCUT2D eigenvalue weighted by Gasteiger charge is -2.34. The molecule has 0 aliphatic carbocycles. The molecule has 0 bridgehead atoms. The molecule has 1 aliphatic rings. The quantitative estimate of drug-likeness (QED) is 0.226. The highest BCUT2D eigenvalue weighted by Crippen LogP contribution is 2.40.